The maximum Gasteiger partial charge on any atom is 0.227 e. The minimum absolute atomic E-state index is 0.183. The van der Waals surface area contributed by atoms with Gasteiger partial charge in [0, 0.05) is 36.8 Å². The lowest BCUT2D eigenvalue weighted by Gasteiger charge is -2.38. The summed E-state index contributed by atoms with van der Waals surface area (Å²) < 4.78 is 1.90. The molecule has 0 saturated carbocycles. The van der Waals surface area contributed by atoms with Crippen molar-refractivity contribution in [1.82, 2.24) is 4.57 Å². The lowest BCUT2D eigenvalue weighted by Crippen LogP contribution is -2.41. The van der Waals surface area contributed by atoms with Gasteiger partial charge in [-0.25, -0.2) is 0 Å². The Balaban J connectivity index is 2.17. The van der Waals surface area contributed by atoms with Crippen molar-refractivity contribution in [3.8, 4) is 17.3 Å². The van der Waals surface area contributed by atoms with Crippen molar-refractivity contribution in [3.63, 3.8) is 0 Å². The lowest BCUT2D eigenvalue weighted by molar-refractivity contribution is -0.120. The summed E-state index contributed by atoms with van der Waals surface area (Å²) in [6.07, 6.45) is 0.522. The van der Waals surface area contributed by atoms with Crippen LogP contribution in [0, 0.1) is 11.3 Å². The van der Waals surface area contributed by atoms with Crippen molar-refractivity contribution in [2.24, 2.45) is 7.05 Å². The van der Waals surface area contributed by atoms with Crippen LogP contribution in [0.1, 0.15) is 38.4 Å². The van der Waals surface area contributed by atoms with Crippen molar-refractivity contribution in [1.29, 1.82) is 5.26 Å². The predicted molar refractivity (Wildman–Crippen MR) is 91.2 cm³/mol. The minimum atomic E-state index is -0.183. The number of hydrogen-bond acceptors (Lipinski definition) is 2. The molecule has 0 fully saturated rings. The van der Waals surface area contributed by atoms with E-state index in [0.29, 0.717) is 18.7 Å². The van der Waals surface area contributed by atoms with E-state index in [1.807, 2.05) is 47.7 Å². The number of hydrogen-bond donors (Lipinski definition) is 0. The van der Waals surface area contributed by atoms with Gasteiger partial charge in [-0.1, -0.05) is 19.9 Å². The smallest absolute Gasteiger partial charge is 0.227 e. The molecule has 2 aromatic rings. The first kappa shape index (κ1) is 15.4. The molecule has 0 bridgehead atoms. The highest BCUT2D eigenvalue weighted by molar-refractivity contribution is 5.98. The second kappa shape index (κ2) is 5.27. The fourth-order valence-corrected chi connectivity index (χ4v) is 3.44. The van der Waals surface area contributed by atoms with Crippen LogP contribution in [0.4, 0.5) is 5.69 Å². The summed E-state index contributed by atoms with van der Waals surface area (Å²) in [5.41, 5.74) is 4.74. The fourth-order valence-electron chi connectivity index (χ4n) is 3.44. The lowest BCUT2D eigenvalue weighted by atomic mass is 9.76. The molecule has 1 amide bonds. The SMILES string of the molecule is CCN1C(=O)CC(C)(C)c2cc(-c3ccc(C#N)n3C)ccc21. The van der Waals surface area contributed by atoms with E-state index in [4.69, 9.17) is 5.26 Å². The number of anilines is 1. The van der Waals surface area contributed by atoms with Crippen LogP contribution in [0.25, 0.3) is 11.3 Å². The van der Waals surface area contributed by atoms with Crippen LogP contribution < -0.4 is 4.90 Å². The van der Waals surface area contributed by atoms with Gasteiger partial charge in [0.2, 0.25) is 5.91 Å². The Morgan fingerprint density at radius 2 is 2.00 bits per heavy atom. The molecule has 1 aliphatic rings. The van der Waals surface area contributed by atoms with Gasteiger partial charge < -0.3 is 9.47 Å². The maximum atomic E-state index is 12.3. The Hall–Kier alpha value is -2.54. The van der Waals surface area contributed by atoms with E-state index in [2.05, 4.69) is 26.0 Å². The van der Waals surface area contributed by atoms with Gasteiger partial charge in [0.25, 0.3) is 0 Å². The third-order valence-corrected chi connectivity index (χ3v) is 4.76. The molecule has 3 rings (SSSR count). The molecular weight excluding hydrogens is 286 g/mol. The zero-order chi connectivity index (χ0) is 16.8. The van der Waals surface area contributed by atoms with E-state index >= 15 is 0 Å². The van der Waals surface area contributed by atoms with Crippen LogP contribution in [0.3, 0.4) is 0 Å². The summed E-state index contributed by atoms with van der Waals surface area (Å²) in [7, 11) is 1.90. The summed E-state index contributed by atoms with van der Waals surface area (Å²) in [6, 6.07) is 12.2. The highest BCUT2D eigenvalue weighted by Crippen LogP contribution is 2.42. The van der Waals surface area contributed by atoms with Gasteiger partial charge in [-0.15, -0.1) is 0 Å². The standard InChI is InChI=1S/C19H21N3O/c1-5-22-17-8-6-13(16-9-7-14(12-20)21(16)4)10-15(17)19(2,3)11-18(22)23/h6-10H,5,11H2,1-4H3. The Kier molecular flexibility index (Phi) is 3.52. The number of carbonyl (C=O) groups is 1. The molecular formula is C19H21N3O. The molecule has 0 unspecified atom stereocenters. The van der Waals surface area contributed by atoms with Crippen LogP contribution in [0.2, 0.25) is 0 Å². The molecule has 0 saturated heterocycles. The van der Waals surface area contributed by atoms with Crippen LogP contribution >= 0.6 is 0 Å². The molecule has 1 aromatic heterocycles. The van der Waals surface area contributed by atoms with E-state index in [1.54, 1.807) is 0 Å². The van der Waals surface area contributed by atoms with Crippen molar-refractivity contribution >= 4 is 11.6 Å². The largest absolute Gasteiger partial charge is 0.335 e. The van der Waals surface area contributed by atoms with Crippen molar-refractivity contribution in [3.05, 3.63) is 41.6 Å². The molecule has 118 valence electrons. The molecule has 0 atom stereocenters. The third-order valence-electron chi connectivity index (χ3n) is 4.76. The number of benzene rings is 1. The highest BCUT2D eigenvalue weighted by atomic mass is 16.2. The van der Waals surface area contributed by atoms with Crippen LogP contribution in [0.5, 0.6) is 0 Å². The van der Waals surface area contributed by atoms with Gasteiger partial charge in [-0.3, -0.25) is 4.79 Å². The van der Waals surface area contributed by atoms with Crippen LogP contribution in [0.15, 0.2) is 30.3 Å². The van der Waals surface area contributed by atoms with Gasteiger partial charge in [-0.05, 0) is 42.3 Å². The Morgan fingerprint density at radius 3 is 2.61 bits per heavy atom. The zero-order valence-electron chi connectivity index (χ0n) is 14.1. The molecule has 0 spiro atoms. The van der Waals surface area contributed by atoms with E-state index in [-0.39, 0.29) is 11.3 Å². The van der Waals surface area contributed by atoms with Crippen molar-refractivity contribution in [2.45, 2.75) is 32.6 Å². The summed E-state index contributed by atoms with van der Waals surface area (Å²) in [6.45, 7) is 6.92. The first-order valence-corrected chi connectivity index (χ1v) is 7.90. The Bertz CT molecular complexity index is 824. The highest BCUT2D eigenvalue weighted by Gasteiger charge is 2.36. The summed E-state index contributed by atoms with van der Waals surface area (Å²) >= 11 is 0. The number of amides is 1. The number of aromatic nitrogens is 1. The predicted octanol–water partition coefficient (Wildman–Crippen LogP) is 3.60. The first-order valence-electron chi connectivity index (χ1n) is 7.90. The summed E-state index contributed by atoms with van der Waals surface area (Å²) in [5.74, 6) is 0.184. The van der Waals surface area contributed by atoms with Gasteiger partial charge >= 0.3 is 0 Å². The van der Waals surface area contributed by atoms with Crippen LogP contribution in [-0.2, 0) is 17.3 Å². The second-order valence-electron chi connectivity index (χ2n) is 6.71. The van der Waals surface area contributed by atoms with Gasteiger partial charge in [0.1, 0.15) is 11.8 Å². The molecule has 2 heterocycles. The van der Waals surface area contributed by atoms with Gasteiger partial charge in [0.05, 0.1) is 0 Å². The number of carbonyl (C=O) groups excluding carboxylic acids is 1. The average molecular weight is 307 g/mol. The normalized spacial score (nSPS) is 16.1. The molecule has 1 aliphatic heterocycles. The monoisotopic (exact) mass is 307 g/mol. The molecule has 0 aliphatic carbocycles. The molecule has 4 heteroatoms. The number of nitriles is 1. The van der Waals surface area contributed by atoms with E-state index in [1.165, 1.54) is 5.56 Å². The van der Waals surface area contributed by atoms with E-state index in [9.17, 15) is 4.79 Å². The van der Waals surface area contributed by atoms with E-state index in [0.717, 1.165) is 16.9 Å². The third kappa shape index (κ3) is 2.33. The summed E-state index contributed by atoms with van der Waals surface area (Å²) in [4.78, 5) is 14.2. The van der Waals surface area contributed by atoms with E-state index < -0.39 is 0 Å². The quantitative estimate of drug-likeness (QED) is 0.851. The van der Waals surface area contributed by atoms with Crippen molar-refractivity contribution < 1.29 is 4.79 Å². The fraction of sp³-hybridized carbons (Fsp3) is 0.368. The molecule has 23 heavy (non-hydrogen) atoms. The topological polar surface area (TPSA) is 49.0 Å². The zero-order valence-corrected chi connectivity index (χ0v) is 14.1. The number of fused-ring (bicyclic) bond motifs is 1. The molecule has 1 aromatic carbocycles. The number of nitrogens with zero attached hydrogens (tertiary/aromatic N) is 3. The summed E-state index contributed by atoms with van der Waals surface area (Å²) in [5, 5.41) is 9.13. The molecule has 4 nitrogen and oxygen atoms in total. The maximum absolute atomic E-state index is 12.3. The number of rotatable bonds is 2. The van der Waals surface area contributed by atoms with Gasteiger partial charge in [0.15, 0.2) is 0 Å². The van der Waals surface area contributed by atoms with Crippen LogP contribution in [-0.4, -0.2) is 17.0 Å². The molecule has 0 N–H and O–H groups in total. The average Bonchev–Trinajstić information content (AvgIpc) is 2.87. The first-order chi connectivity index (χ1) is 10.9. The Morgan fingerprint density at radius 1 is 1.26 bits per heavy atom. The second-order valence-corrected chi connectivity index (χ2v) is 6.71. The Labute approximate surface area is 137 Å². The minimum Gasteiger partial charge on any atom is -0.335 e. The molecule has 0 radical (unpaired) electrons. The van der Waals surface area contributed by atoms with Crippen molar-refractivity contribution in [2.75, 3.05) is 11.4 Å². The van der Waals surface area contributed by atoms with Gasteiger partial charge in [-0.2, -0.15) is 5.26 Å².